The highest BCUT2D eigenvalue weighted by Gasteiger charge is 2.42. The quantitative estimate of drug-likeness (QED) is 0.717. The number of ether oxygens (including phenoxy) is 1. The van der Waals surface area contributed by atoms with Gasteiger partial charge in [0.15, 0.2) is 0 Å². The van der Waals surface area contributed by atoms with E-state index in [0.29, 0.717) is 19.4 Å². The summed E-state index contributed by atoms with van der Waals surface area (Å²) >= 11 is 0. The fourth-order valence-corrected chi connectivity index (χ4v) is 3.97. The predicted molar refractivity (Wildman–Crippen MR) is 111 cm³/mol. The Labute approximate surface area is 171 Å². The number of halogens is 1. The van der Waals surface area contributed by atoms with E-state index in [1.807, 2.05) is 25.1 Å². The lowest BCUT2D eigenvalue weighted by molar-refractivity contribution is -0.155. The standard InChI is InChI=1S/C24H28FNO3/c1-3-29-23(28)24(13-5-4-6-14-24)26-22(27)16-20-15-19(8-7-17(20)2)18-9-11-21(25)12-10-18/h7-12,15H,3-6,13-14,16H2,1-2H3,(H,26,27). The molecule has 1 aliphatic carbocycles. The Balaban J connectivity index is 1.77. The Bertz CT molecular complexity index is 870. The van der Waals surface area contributed by atoms with Gasteiger partial charge in [-0.3, -0.25) is 4.79 Å². The summed E-state index contributed by atoms with van der Waals surface area (Å²) in [4.78, 5) is 25.4. The summed E-state index contributed by atoms with van der Waals surface area (Å²) in [5, 5.41) is 3.00. The van der Waals surface area contributed by atoms with E-state index < -0.39 is 5.54 Å². The van der Waals surface area contributed by atoms with Crippen molar-refractivity contribution in [2.24, 2.45) is 0 Å². The molecule has 0 atom stereocenters. The molecule has 3 rings (SSSR count). The molecule has 5 heteroatoms. The second kappa shape index (κ2) is 9.21. The van der Waals surface area contributed by atoms with Crippen LogP contribution in [-0.2, 0) is 20.7 Å². The van der Waals surface area contributed by atoms with Crippen LogP contribution in [0.15, 0.2) is 42.5 Å². The highest BCUT2D eigenvalue weighted by molar-refractivity contribution is 5.89. The first-order chi connectivity index (χ1) is 13.9. The number of hydrogen-bond donors (Lipinski definition) is 1. The summed E-state index contributed by atoms with van der Waals surface area (Å²) in [7, 11) is 0. The van der Waals surface area contributed by atoms with E-state index in [9.17, 15) is 14.0 Å². The topological polar surface area (TPSA) is 55.4 Å². The monoisotopic (exact) mass is 397 g/mol. The Morgan fingerprint density at radius 3 is 2.34 bits per heavy atom. The van der Waals surface area contributed by atoms with E-state index >= 15 is 0 Å². The maximum atomic E-state index is 13.2. The fourth-order valence-electron chi connectivity index (χ4n) is 3.97. The summed E-state index contributed by atoms with van der Waals surface area (Å²) < 4.78 is 18.5. The molecule has 1 N–H and O–H groups in total. The van der Waals surface area contributed by atoms with Crippen LogP contribution in [0.4, 0.5) is 4.39 Å². The highest BCUT2D eigenvalue weighted by atomic mass is 19.1. The number of esters is 1. The van der Waals surface area contributed by atoms with Gasteiger partial charge in [-0.15, -0.1) is 0 Å². The van der Waals surface area contributed by atoms with Crippen LogP contribution < -0.4 is 5.32 Å². The van der Waals surface area contributed by atoms with Gasteiger partial charge in [-0.25, -0.2) is 9.18 Å². The fraction of sp³-hybridized carbons (Fsp3) is 0.417. The molecule has 29 heavy (non-hydrogen) atoms. The average molecular weight is 397 g/mol. The van der Waals surface area contributed by atoms with Gasteiger partial charge in [0.05, 0.1) is 13.0 Å². The third-order valence-corrected chi connectivity index (χ3v) is 5.63. The minimum atomic E-state index is -0.909. The van der Waals surface area contributed by atoms with E-state index in [2.05, 4.69) is 5.32 Å². The number of aryl methyl sites for hydroxylation is 1. The van der Waals surface area contributed by atoms with Crippen molar-refractivity contribution in [1.29, 1.82) is 0 Å². The second-order valence-corrected chi connectivity index (χ2v) is 7.74. The maximum Gasteiger partial charge on any atom is 0.331 e. The van der Waals surface area contributed by atoms with Crippen molar-refractivity contribution < 1.29 is 18.7 Å². The van der Waals surface area contributed by atoms with E-state index in [1.165, 1.54) is 12.1 Å². The lowest BCUT2D eigenvalue weighted by Crippen LogP contribution is -2.56. The molecule has 0 heterocycles. The first kappa shape index (κ1) is 21.0. The van der Waals surface area contributed by atoms with Crippen molar-refractivity contribution in [3.63, 3.8) is 0 Å². The Morgan fingerprint density at radius 1 is 1.03 bits per heavy atom. The number of carbonyl (C=O) groups is 2. The summed E-state index contributed by atoms with van der Waals surface area (Å²) in [5.74, 6) is -0.790. The van der Waals surface area contributed by atoms with Gasteiger partial charge in [0.1, 0.15) is 11.4 Å². The average Bonchev–Trinajstić information content (AvgIpc) is 2.71. The minimum absolute atomic E-state index is 0.181. The molecule has 1 saturated carbocycles. The zero-order chi connectivity index (χ0) is 20.9. The third kappa shape index (κ3) is 5.03. The zero-order valence-corrected chi connectivity index (χ0v) is 17.1. The van der Waals surface area contributed by atoms with E-state index in [0.717, 1.165) is 41.5 Å². The van der Waals surface area contributed by atoms with Crippen molar-refractivity contribution in [2.75, 3.05) is 6.61 Å². The molecule has 0 aliphatic heterocycles. The zero-order valence-electron chi connectivity index (χ0n) is 17.1. The molecular formula is C24H28FNO3. The van der Waals surface area contributed by atoms with Crippen molar-refractivity contribution in [3.8, 4) is 11.1 Å². The SMILES string of the molecule is CCOC(=O)C1(NC(=O)Cc2cc(-c3ccc(F)cc3)ccc2C)CCCCC1. The normalized spacial score (nSPS) is 15.6. The van der Waals surface area contributed by atoms with Crippen LogP contribution in [-0.4, -0.2) is 24.0 Å². The smallest absolute Gasteiger partial charge is 0.331 e. The van der Waals surface area contributed by atoms with Crippen LogP contribution in [0.3, 0.4) is 0 Å². The van der Waals surface area contributed by atoms with Gasteiger partial charge in [0, 0.05) is 0 Å². The molecule has 1 aliphatic rings. The minimum Gasteiger partial charge on any atom is -0.464 e. The molecule has 0 unspecified atom stereocenters. The molecule has 2 aromatic rings. The third-order valence-electron chi connectivity index (χ3n) is 5.63. The number of benzene rings is 2. The molecule has 1 fully saturated rings. The van der Waals surface area contributed by atoms with E-state index in [-0.39, 0.29) is 24.1 Å². The summed E-state index contributed by atoms with van der Waals surface area (Å²) in [5.41, 5.74) is 2.80. The van der Waals surface area contributed by atoms with Crippen LogP contribution in [0.5, 0.6) is 0 Å². The van der Waals surface area contributed by atoms with Crippen LogP contribution in [0.25, 0.3) is 11.1 Å². The lowest BCUT2D eigenvalue weighted by atomic mass is 9.81. The van der Waals surface area contributed by atoms with E-state index in [4.69, 9.17) is 4.74 Å². The predicted octanol–water partition coefficient (Wildman–Crippen LogP) is 4.73. The molecule has 0 spiro atoms. The van der Waals surface area contributed by atoms with Gasteiger partial charge in [0.25, 0.3) is 0 Å². The molecule has 0 radical (unpaired) electrons. The van der Waals surface area contributed by atoms with Gasteiger partial charge in [-0.1, -0.05) is 49.6 Å². The molecular weight excluding hydrogens is 369 g/mol. The number of carbonyl (C=O) groups excluding carboxylic acids is 2. The number of hydrogen-bond acceptors (Lipinski definition) is 3. The molecule has 0 aromatic heterocycles. The van der Waals surface area contributed by atoms with Crippen molar-refractivity contribution in [2.45, 2.75) is 57.9 Å². The summed E-state index contributed by atoms with van der Waals surface area (Å²) in [6, 6.07) is 12.2. The first-order valence-electron chi connectivity index (χ1n) is 10.3. The molecule has 1 amide bonds. The Kier molecular flexibility index (Phi) is 6.68. The first-order valence-corrected chi connectivity index (χ1v) is 10.3. The maximum absolute atomic E-state index is 13.2. The van der Waals surface area contributed by atoms with Crippen LogP contribution >= 0.6 is 0 Å². The van der Waals surface area contributed by atoms with Crippen molar-refractivity contribution in [3.05, 3.63) is 59.4 Å². The largest absolute Gasteiger partial charge is 0.464 e. The van der Waals surface area contributed by atoms with Crippen molar-refractivity contribution in [1.82, 2.24) is 5.32 Å². The van der Waals surface area contributed by atoms with Gasteiger partial charge in [-0.2, -0.15) is 0 Å². The Morgan fingerprint density at radius 2 is 1.69 bits per heavy atom. The molecule has 154 valence electrons. The van der Waals surface area contributed by atoms with Gasteiger partial charge >= 0.3 is 5.97 Å². The van der Waals surface area contributed by atoms with Crippen LogP contribution in [0.2, 0.25) is 0 Å². The molecule has 4 nitrogen and oxygen atoms in total. The van der Waals surface area contributed by atoms with Gasteiger partial charge in [0.2, 0.25) is 5.91 Å². The van der Waals surface area contributed by atoms with Gasteiger partial charge < -0.3 is 10.1 Å². The highest BCUT2D eigenvalue weighted by Crippen LogP contribution is 2.30. The van der Waals surface area contributed by atoms with Crippen LogP contribution in [0, 0.1) is 12.7 Å². The lowest BCUT2D eigenvalue weighted by Gasteiger charge is -2.35. The second-order valence-electron chi connectivity index (χ2n) is 7.74. The number of amides is 1. The van der Waals surface area contributed by atoms with Crippen LogP contribution in [0.1, 0.15) is 50.2 Å². The van der Waals surface area contributed by atoms with E-state index in [1.54, 1.807) is 19.1 Å². The summed E-state index contributed by atoms with van der Waals surface area (Å²) in [6.07, 6.45) is 4.28. The number of rotatable bonds is 6. The number of nitrogens with one attached hydrogen (secondary N) is 1. The molecule has 2 aromatic carbocycles. The van der Waals surface area contributed by atoms with Gasteiger partial charge in [-0.05, 0) is 61.1 Å². The molecule has 0 bridgehead atoms. The Hall–Kier alpha value is -2.69. The molecule has 0 saturated heterocycles. The van der Waals surface area contributed by atoms with Crippen molar-refractivity contribution >= 4 is 11.9 Å². The summed E-state index contributed by atoms with van der Waals surface area (Å²) in [6.45, 7) is 4.04.